The van der Waals surface area contributed by atoms with Crippen LogP contribution in [0.25, 0.3) is 0 Å². The summed E-state index contributed by atoms with van der Waals surface area (Å²) in [4.78, 5) is 25.6. The summed E-state index contributed by atoms with van der Waals surface area (Å²) in [5, 5.41) is 11.5. The molecule has 0 radical (unpaired) electrons. The number of hydrogen-bond donors (Lipinski definition) is 2. The average molecular weight is 425 g/mol. The normalized spacial score (nSPS) is 15.7. The molecule has 0 saturated carbocycles. The fourth-order valence-electron chi connectivity index (χ4n) is 3.36. The van der Waals surface area contributed by atoms with Gasteiger partial charge in [0.25, 0.3) is 5.91 Å². The molecule has 1 saturated heterocycles. The number of carbonyl (C=O) groups is 2. The summed E-state index contributed by atoms with van der Waals surface area (Å²) >= 11 is 0. The fourth-order valence-corrected chi connectivity index (χ4v) is 3.36. The molecule has 7 nitrogen and oxygen atoms in total. The van der Waals surface area contributed by atoms with Crippen LogP contribution >= 0.6 is 0 Å². The molecule has 168 valence electrons. The Balaban J connectivity index is 1.69. The van der Waals surface area contributed by atoms with Crippen molar-refractivity contribution in [2.24, 2.45) is 5.92 Å². The second kappa shape index (κ2) is 11.7. The van der Waals surface area contributed by atoms with Crippen LogP contribution in [0.4, 0.5) is 9.18 Å². The Morgan fingerprint density at radius 3 is 2.57 bits per heavy atom. The van der Waals surface area contributed by atoms with Crippen molar-refractivity contribution in [3.05, 3.63) is 29.6 Å². The van der Waals surface area contributed by atoms with Gasteiger partial charge in [0.2, 0.25) is 0 Å². The molecule has 0 unspecified atom stereocenters. The molecular weight excluding hydrogens is 391 g/mol. The van der Waals surface area contributed by atoms with Crippen LogP contribution in [0.1, 0.15) is 56.8 Å². The number of nitrogens with one attached hydrogen (secondary N) is 1. The van der Waals surface area contributed by atoms with E-state index in [9.17, 15) is 14.0 Å². The molecule has 1 aromatic carbocycles. The van der Waals surface area contributed by atoms with Gasteiger partial charge in [-0.15, -0.1) is 0 Å². The third-order valence-corrected chi connectivity index (χ3v) is 5.07. The summed E-state index contributed by atoms with van der Waals surface area (Å²) in [6.07, 6.45) is 3.35. The SMILES string of the molecule is CC(C)OC(=O)N1CCC(CCCOc2ccc(C(=O)N[C@H](C)CO)c(F)c2)CC1. The topological polar surface area (TPSA) is 88.1 Å². The van der Waals surface area contributed by atoms with Gasteiger partial charge < -0.3 is 24.8 Å². The van der Waals surface area contributed by atoms with Crippen molar-refractivity contribution < 1.29 is 28.6 Å². The lowest BCUT2D eigenvalue weighted by atomic mass is 9.92. The number of benzene rings is 1. The van der Waals surface area contributed by atoms with Gasteiger partial charge in [0.1, 0.15) is 11.6 Å². The molecule has 1 fully saturated rings. The van der Waals surface area contributed by atoms with Crippen LogP contribution in [0, 0.1) is 11.7 Å². The van der Waals surface area contributed by atoms with Gasteiger partial charge >= 0.3 is 6.09 Å². The Morgan fingerprint density at radius 1 is 1.27 bits per heavy atom. The second-order valence-electron chi connectivity index (χ2n) is 8.05. The number of ether oxygens (including phenoxy) is 2. The van der Waals surface area contributed by atoms with E-state index in [0.717, 1.165) is 25.7 Å². The first-order valence-electron chi connectivity index (χ1n) is 10.6. The van der Waals surface area contributed by atoms with Crippen molar-refractivity contribution in [2.45, 2.75) is 58.6 Å². The standard InChI is InChI=1S/C22H33FN2O5/c1-15(2)30-22(28)25-10-8-17(9-11-25)5-4-12-29-18-6-7-19(20(23)13-18)21(27)24-16(3)14-26/h6-7,13,15-17,26H,4-5,8-12,14H2,1-3H3,(H,24,27)/t16-/m1/s1. The molecular formula is C22H33FN2O5. The van der Waals surface area contributed by atoms with Gasteiger partial charge in [0, 0.05) is 25.2 Å². The maximum atomic E-state index is 14.2. The number of hydrogen-bond acceptors (Lipinski definition) is 5. The zero-order chi connectivity index (χ0) is 22.1. The summed E-state index contributed by atoms with van der Waals surface area (Å²) in [6.45, 7) is 6.99. The number of aliphatic hydroxyl groups is 1. The lowest BCUT2D eigenvalue weighted by Gasteiger charge is -2.31. The van der Waals surface area contributed by atoms with E-state index in [2.05, 4.69) is 5.32 Å². The van der Waals surface area contributed by atoms with Gasteiger partial charge in [-0.05, 0) is 64.5 Å². The van der Waals surface area contributed by atoms with Crippen LogP contribution in [-0.4, -0.2) is 60.5 Å². The lowest BCUT2D eigenvalue weighted by Crippen LogP contribution is -2.39. The van der Waals surface area contributed by atoms with E-state index in [-0.39, 0.29) is 24.4 Å². The predicted molar refractivity (Wildman–Crippen MR) is 111 cm³/mol. The molecule has 2 amide bonds. The summed E-state index contributed by atoms with van der Waals surface area (Å²) in [7, 11) is 0. The summed E-state index contributed by atoms with van der Waals surface area (Å²) < 4.78 is 25.0. The Hall–Kier alpha value is -2.35. The molecule has 1 atom stereocenters. The number of likely N-dealkylation sites (tertiary alicyclic amines) is 1. The fraction of sp³-hybridized carbons (Fsp3) is 0.636. The third-order valence-electron chi connectivity index (χ3n) is 5.07. The highest BCUT2D eigenvalue weighted by Crippen LogP contribution is 2.23. The van der Waals surface area contributed by atoms with Gasteiger partial charge in [-0.1, -0.05) is 0 Å². The summed E-state index contributed by atoms with van der Waals surface area (Å²) in [5.41, 5.74) is -0.0783. The highest BCUT2D eigenvalue weighted by atomic mass is 19.1. The van der Waals surface area contributed by atoms with Crippen LogP contribution < -0.4 is 10.1 Å². The van der Waals surface area contributed by atoms with E-state index in [4.69, 9.17) is 14.6 Å². The molecule has 0 spiro atoms. The predicted octanol–water partition coefficient (Wildman–Crippen LogP) is 3.35. The monoisotopic (exact) mass is 424 g/mol. The Bertz CT molecular complexity index is 705. The van der Waals surface area contributed by atoms with Gasteiger partial charge in [0.05, 0.1) is 24.9 Å². The number of rotatable bonds is 9. The Labute approximate surface area is 177 Å². The van der Waals surface area contributed by atoms with Crippen LogP contribution in [0.3, 0.4) is 0 Å². The first kappa shape index (κ1) is 23.9. The van der Waals surface area contributed by atoms with E-state index in [1.165, 1.54) is 12.1 Å². The molecule has 1 heterocycles. The molecule has 1 aliphatic rings. The van der Waals surface area contributed by atoms with Crippen molar-refractivity contribution in [3.63, 3.8) is 0 Å². The van der Waals surface area contributed by atoms with E-state index >= 15 is 0 Å². The molecule has 0 bridgehead atoms. The number of aliphatic hydroxyl groups excluding tert-OH is 1. The van der Waals surface area contributed by atoms with Crippen molar-refractivity contribution >= 4 is 12.0 Å². The molecule has 1 aliphatic heterocycles. The molecule has 1 aromatic rings. The minimum absolute atomic E-state index is 0.0783. The quantitative estimate of drug-likeness (QED) is 0.594. The molecule has 2 rings (SSSR count). The molecule has 0 aromatic heterocycles. The Morgan fingerprint density at radius 2 is 1.97 bits per heavy atom. The van der Waals surface area contributed by atoms with Crippen molar-refractivity contribution in [2.75, 3.05) is 26.3 Å². The molecule has 8 heteroatoms. The number of halogens is 1. The van der Waals surface area contributed by atoms with Crippen molar-refractivity contribution in [1.29, 1.82) is 0 Å². The van der Waals surface area contributed by atoms with Gasteiger partial charge in [-0.3, -0.25) is 4.79 Å². The number of amides is 2. The van der Waals surface area contributed by atoms with Crippen LogP contribution in [0.2, 0.25) is 0 Å². The number of nitrogens with zero attached hydrogens (tertiary/aromatic N) is 1. The maximum Gasteiger partial charge on any atom is 0.410 e. The highest BCUT2D eigenvalue weighted by molar-refractivity contribution is 5.94. The number of carbonyl (C=O) groups excluding carboxylic acids is 2. The smallest absolute Gasteiger partial charge is 0.410 e. The van der Waals surface area contributed by atoms with E-state index in [0.29, 0.717) is 31.4 Å². The van der Waals surface area contributed by atoms with Gasteiger partial charge in [-0.25, -0.2) is 9.18 Å². The summed E-state index contributed by atoms with van der Waals surface area (Å²) in [5.74, 6) is -0.307. The second-order valence-corrected chi connectivity index (χ2v) is 8.05. The lowest BCUT2D eigenvalue weighted by molar-refractivity contribution is 0.0643. The average Bonchev–Trinajstić information content (AvgIpc) is 2.71. The first-order chi connectivity index (χ1) is 14.3. The summed E-state index contributed by atoms with van der Waals surface area (Å²) in [6, 6.07) is 3.72. The van der Waals surface area contributed by atoms with Crippen LogP contribution in [-0.2, 0) is 4.74 Å². The Kier molecular flexibility index (Phi) is 9.36. The van der Waals surface area contributed by atoms with Gasteiger partial charge in [0.15, 0.2) is 0 Å². The largest absolute Gasteiger partial charge is 0.493 e. The zero-order valence-electron chi connectivity index (χ0n) is 18.0. The van der Waals surface area contributed by atoms with E-state index in [1.807, 2.05) is 13.8 Å². The van der Waals surface area contributed by atoms with Crippen molar-refractivity contribution in [1.82, 2.24) is 10.2 Å². The molecule has 0 aliphatic carbocycles. The van der Waals surface area contributed by atoms with Crippen LogP contribution in [0.15, 0.2) is 18.2 Å². The van der Waals surface area contributed by atoms with Gasteiger partial charge in [-0.2, -0.15) is 0 Å². The third kappa shape index (κ3) is 7.48. The van der Waals surface area contributed by atoms with E-state index < -0.39 is 17.8 Å². The molecule has 2 N–H and O–H groups in total. The minimum Gasteiger partial charge on any atom is -0.493 e. The first-order valence-corrected chi connectivity index (χ1v) is 10.6. The van der Waals surface area contributed by atoms with E-state index in [1.54, 1.807) is 17.9 Å². The number of piperidine rings is 1. The molecule has 30 heavy (non-hydrogen) atoms. The van der Waals surface area contributed by atoms with Crippen molar-refractivity contribution in [3.8, 4) is 5.75 Å². The maximum absolute atomic E-state index is 14.2. The van der Waals surface area contributed by atoms with Crippen LogP contribution in [0.5, 0.6) is 5.75 Å². The highest BCUT2D eigenvalue weighted by Gasteiger charge is 2.24. The zero-order valence-corrected chi connectivity index (χ0v) is 18.0. The minimum atomic E-state index is -0.657.